The van der Waals surface area contributed by atoms with E-state index in [1.54, 1.807) is 13.0 Å². The molecule has 1 aromatic carbocycles. The monoisotopic (exact) mass is 155 g/mol. The average molecular weight is 155 g/mol. The molecule has 0 aromatic heterocycles. The Morgan fingerprint density at radius 3 is 2.64 bits per heavy atom. The molecule has 0 bridgehead atoms. The highest BCUT2D eigenvalue weighted by atomic mass is 19.1. The summed E-state index contributed by atoms with van der Waals surface area (Å²) in [5, 5.41) is 8.92. The first-order chi connectivity index (χ1) is 5.11. The molecule has 0 fully saturated rings. The minimum Gasteiger partial charge on any atom is -0.505 e. The number of nitrogens with two attached hydrogens (primary N) is 1. The SMILES string of the molecule is C[C@H](N)c1ccc(F)c(O)c1. The van der Waals surface area contributed by atoms with E-state index in [1.165, 1.54) is 12.1 Å². The van der Waals surface area contributed by atoms with Crippen LogP contribution >= 0.6 is 0 Å². The maximum Gasteiger partial charge on any atom is 0.164 e. The number of phenols is 1. The highest BCUT2D eigenvalue weighted by molar-refractivity contribution is 5.30. The Kier molecular flexibility index (Phi) is 2.10. The van der Waals surface area contributed by atoms with Crippen LogP contribution in [0.5, 0.6) is 5.75 Å². The van der Waals surface area contributed by atoms with Crippen LogP contribution in [-0.2, 0) is 0 Å². The number of hydrogen-bond donors (Lipinski definition) is 2. The molecule has 0 aliphatic heterocycles. The molecule has 0 amide bonds. The summed E-state index contributed by atoms with van der Waals surface area (Å²) < 4.78 is 12.5. The molecule has 1 aromatic rings. The molecule has 2 nitrogen and oxygen atoms in total. The van der Waals surface area contributed by atoms with Crippen LogP contribution in [0.4, 0.5) is 4.39 Å². The Morgan fingerprint density at radius 2 is 2.18 bits per heavy atom. The van der Waals surface area contributed by atoms with Crippen LogP contribution in [0, 0.1) is 5.82 Å². The maximum absolute atomic E-state index is 12.5. The second kappa shape index (κ2) is 2.88. The summed E-state index contributed by atoms with van der Waals surface area (Å²) in [6, 6.07) is 3.91. The van der Waals surface area contributed by atoms with Gasteiger partial charge < -0.3 is 10.8 Å². The largest absolute Gasteiger partial charge is 0.505 e. The fraction of sp³-hybridized carbons (Fsp3) is 0.250. The van der Waals surface area contributed by atoms with Crippen molar-refractivity contribution in [2.45, 2.75) is 13.0 Å². The Labute approximate surface area is 64.5 Å². The van der Waals surface area contributed by atoms with Crippen LogP contribution in [-0.4, -0.2) is 5.11 Å². The number of phenolic OH excluding ortho intramolecular Hbond substituents is 1. The number of halogens is 1. The molecule has 60 valence electrons. The van der Waals surface area contributed by atoms with E-state index >= 15 is 0 Å². The van der Waals surface area contributed by atoms with Gasteiger partial charge in [0.1, 0.15) is 0 Å². The van der Waals surface area contributed by atoms with Gasteiger partial charge in [0.2, 0.25) is 0 Å². The molecule has 0 spiro atoms. The summed E-state index contributed by atoms with van der Waals surface area (Å²) in [5.74, 6) is -0.964. The Balaban J connectivity index is 3.05. The van der Waals surface area contributed by atoms with Crippen molar-refractivity contribution >= 4 is 0 Å². The van der Waals surface area contributed by atoms with Crippen LogP contribution in [0.15, 0.2) is 18.2 Å². The summed E-state index contributed by atoms with van der Waals surface area (Å²) in [6.45, 7) is 1.77. The van der Waals surface area contributed by atoms with Gasteiger partial charge in [0.25, 0.3) is 0 Å². The molecule has 1 atom stereocenters. The standard InChI is InChI=1S/C8H10FNO/c1-5(10)6-2-3-7(9)8(11)4-6/h2-5,11H,10H2,1H3/t5-/m0/s1. The topological polar surface area (TPSA) is 46.2 Å². The zero-order chi connectivity index (χ0) is 8.43. The van der Waals surface area contributed by atoms with Gasteiger partial charge in [-0.3, -0.25) is 0 Å². The first-order valence-corrected chi connectivity index (χ1v) is 3.35. The lowest BCUT2D eigenvalue weighted by atomic mass is 10.1. The van der Waals surface area contributed by atoms with E-state index in [4.69, 9.17) is 10.8 Å². The van der Waals surface area contributed by atoms with Crippen molar-refractivity contribution in [3.8, 4) is 5.75 Å². The number of hydrogen-bond acceptors (Lipinski definition) is 2. The molecule has 0 aliphatic rings. The lowest BCUT2D eigenvalue weighted by Gasteiger charge is -2.05. The van der Waals surface area contributed by atoms with Gasteiger partial charge in [-0.2, -0.15) is 0 Å². The van der Waals surface area contributed by atoms with Gasteiger partial charge in [-0.25, -0.2) is 4.39 Å². The summed E-state index contributed by atoms with van der Waals surface area (Å²) in [5.41, 5.74) is 6.22. The quantitative estimate of drug-likeness (QED) is 0.646. The summed E-state index contributed by atoms with van der Waals surface area (Å²) in [4.78, 5) is 0. The molecular weight excluding hydrogens is 145 g/mol. The number of aromatic hydroxyl groups is 1. The fourth-order valence-electron chi connectivity index (χ4n) is 0.813. The third-order valence-corrected chi connectivity index (χ3v) is 1.50. The molecule has 0 unspecified atom stereocenters. The first-order valence-electron chi connectivity index (χ1n) is 3.35. The van der Waals surface area contributed by atoms with Crippen molar-refractivity contribution < 1.29 is 9.50 Å². The van der Waals surface area contributed by atoms with Crippen LogP contribution in [0.2, 0.25) is 0 Å². The number of benzene rings is 1. The molecular formula is C8H10FNO. The number of rotatable bonds is 1. The smallest absolute Gasteiger partial charge is 0.164 e. The van der Waals surface area contributed by atoms with Crippen molar-refractivity contribution in [1.29, 1.82) is 0 Å². The van der Waals surface area contributed by atoms with Crippen molar-refractivity contribution in [1.82, 2.24) is 0 Å². The van der Waals surface area contributed by atoms with Gasteiger partial charge in [-0.05, 0) is 24.6 Å². The van der Waals surface area contributed by atoms with Crippen LogP contribution < -0.4 is 5.73 Å². The van der Waals surface area contributed by atoms with Crippen LogP contribution in [0.3, 0.4) is 0 Å². The Morgan fingerprint density at radius 1 is 1.55 bits per heavy atom. The van der Waals surface area contributed by atoms with Crippen molar-refractivity contribution in [3.63, 3.8) is 0 Å². The molecule has 0 heterocycles. The van der Waals surface area contributed by atoms with Gasteiger partial charge in [-0.15, -0.1) is 0 Å². The minimum atomic E-state index is -0.616. The molecule has 0 aliphatic carbocycles. The highest BCUT2D eigenvalue weighted by Gasteiger charge is 2.03. The predicted molar refractivity (Wildman–Crippen MR) is 40.7 cm³/mol. The summed E-state index contributed by atoms with van der Waals surface area (Å²) in [6.07, 6.45) is 0. The van der Waals surface area contributed by atoms with E-state index in [-0.39, 0.29) is 11.8 Å². The van der Waals surface area contributed by atoms with Gasteiger partial charge in [-0.1, -0.05) is 6.07 Å². The Hall–Kier alpha value is -1.09. The van der Waals surface area contributed by atoms with Crippen LogP contribution in [0.1, 0.15) is 18.5 Å². The maximum atomic E-state index is 12.5. The molecule has 11 heavy (non-hydrogen) atoms. The molecule has 0 saturated carbocycles. The second-order valence-corrected chi connectivity index (χ2v) is 2.50. The van der Waals surface area contributed by atoms with Gasteiger partial charge in [0.15, 0.2) is 11.6 Å². The first kappa shape index (κ1) is 8.01. The average Bonchev–Trinajstić information content (AvgIpc) is 1.94. The van der Waals surface area contributed by atoms with E-state index in [0.29, 0.717) is 0 Å². The predicted octanol–water partition coefficient (Wildman–Crippen LogP) is 1.55. The molecule has 0 saturated heterocycles. The normalized spacial score (nSPS) is 13.0. The van der Waals surface area contributed by atoms with Gasteiger partial charge in [0.05, 0.1) is 0 Å². The van der Waals surface area contributed by atoms with E-state index in [2.05, 4.69) is 0 Å². The third kappa shape index (κ3) is 1.68. The van der Waals surface area contributed by atoms with E-state index in [0.717, 1.165) is 5.56 Å². The Bertz CT molecular complexity index is 260. The van der Waals surface area contributed by atoms with Crippen molar-refractivity contribution in [3.05, 3.63) is 29.6 Å². The molecule has 3 N–H and O–H groups in total. The molecule has 3 heteroatoms. The highest BCUT2D eigenvalue weighted by Crippen LogP contribution is 2.19. The van der Waals surface area contributed by atoms with Crippen molar-refractivity contribution in [2.24, 2.45) is 5.73 Å². The van der Waals surface area contributed by atoms with E-state index in [1.807, 2.05) is 0 Å². The van der Waals surface area contributed by atoms with Gasteiger partial charge >= 0.3 is 0 Å². The fourth-order valence-corrected chi connectivity index (χ4v) is 0.813. The zero-order valence-corrected chi connectivity index (χ0v) is 6.21. The lowest BCUT2D eigenvalue weighted by molar-refractivity contribution is 0.431. The van der Waals surface area contributed by atoms with Crippen LogP contribution in [0.25, 0.3) is 0 Å². The summed E-state index contributed by atoms with van der Waals surface area (Å²) >= 11 is 0. The van der Waals surface area contributed by atoms with E-state index < -0.39 is 5.82 Å². The zero-order valence-electron chi connectivity index (χ0n) is 6.21. The second-order valence-electron chi connectivity index (χ2n) is 2.50. The third-order valence-electron chi connectivity index (χ3n) is 1.50. The van der Waals surface area contributed by atoms with Crippen molar-refractivity contribution in [2.75, 3.05) is 0 Å². The lowest BCUT2D eigenvalue weighted by Crippen LogP contribution is -2.04. The summed E-state index contributed by atoms with van der Waals surface area (Å²) in [7, 11) is 0. The molecule has 1 rings (SSSR count). The molecule has 0 radical (unpaired) electrons. The minimum absolute atomic E-state index is 0.179. The van der Waals surface area contributed by atoms with Gasteiger partial charge in [0, 0.05) is 6.04 Å². The van der Waals surface area contributed by atoms with E-state index in [9.17, 15) is 4.39 Å².